The molecule has 0 amide bonds. The van der Waals surface area contributed by atoms with Gasteiger partial charge in [0.25, 0.3) is 0 Å². The SMILES string of the molecule is N#Cc1cnn2cc(OC3CCS(=N)(=O)CC3)cc(Br)c12. The summed E-state index contributed by atoms with van der Waals surface area (Å²) in [6, 6.07) is 3.90. The summed E-state index contributed by atoms with van der Waals surface area (Å²) >= 11 is 3.43. The van der Waals surface area contributed by atoms with Gasteiger partial charge in [-0.25, -0.2) is 8.72 Å². The number of halogens is 1. The summed E-state index contributed by atoms with van der Waals surface area (Å²) in [5.41, 5.74) is 1.21. The number of hydrogen-bond acceptors (Lipinski definition) is 5. The normalized spacial score (nSPS) is 25.6. The van der Waals surface area contributed by atoms with Gasteiger partial charge < -0.3 is 4.74 Å². The molecule has 0 bridgehead atoms. The Morgan fingerprint density at radius 1 is 1.52 bits per heavy atom. The van der Waals surface area contributed by atoms with Crippen molar-refractivity contribution in [2.75, 3.05) is 11.5 Å². The minimum Gasteiger partial charge on any atom is -0.489 e. The maximum Gasteiger partial charge on any atom is 0.139 e. The zero-order valence-corrected chi connectivity index (χ0v) is 13.5. The first-order valence-corrected chi connectivity index (χ1v) is 9.15. The molecule has 1 aliphatic rings. The van der Waals surface area contributed by atoms with Crippen LogP contribution in [0.5, 0.6) is 5.75 Å². The number of pyridine rings is 1. The predicted molar refractivity (Wildman–Crippen MR) is 81.9 cm³/mol. The Labute approximate surface area is 130 Å². The highest BCUT2D eigenvalue weighted by atomic mass is 79.9. The van der Waals surface area contributed by atoms with Crippen molar-refractivity contribution in [3.05, 3.63) is 28.5 Å². The Kier molecular flexibility index (Phi) is 3.63. The second-order valence-electron chi connectivity index (χ2n) is 5.02. The quantitative estimate of drug-likeness (QED) is 0.881. The smallest absolute Gasteiger partial charge is 0.139 e. The van der Waals surface area contributed by atoms with E-state index in [9.17, 15) is 4.21 Å². The van der Waals surface area contributed by atoms with Gasteiger partial charge in [0.2, 0.25) is 0 Å². The molecule has 0 aromatic carbocycles. The molecule has 1 aliphatic heterocycles. The third-order valence-electron chi connectivity index (χ3n) is 3.50. The topological polar surface area (TPSA) is 91.2 Å². The predicted octanol–water partition coefficient (Wildman–Crippen LogP) is 2.56. The van der Waals surface area contributed by atoms with E-state index in [0.29, 0.717) is 41.2 Å². The second-order valence-corrected chi connectivity index (χ2v) is 8.32. The summed E-state index contributed by atoms with van der Waals surface area (Å²) in [7, 11) is -2.39. The van der Waals surface area contributed by atoms with Crippen LogP contribution in [0.2, 0.25) is 0 Å². The third kappa shape index (κ3) is 2.89. The molecule has 0 spiro atoms. The number of aromatic nitrogens is 2. The Balaban J connectivity index is 1.84. The van der Waals surface area contributed by atoms with Crippen LogP contribution in [-0.4, -0.2) is 31.4 Å². The lowest BCUT2D eigenvalue weighted by atomic mass is 10.2. The maximum absolute atomic E-state index is 11.6. The van der Waals surface area contributed by atoms with Crippen LogP contribution in [0.3, 0.4) is 0 Å². The summed E-state index contributed by atoms with van der Waals surface area (Å²) < 4.78 is 27.5. The van der Waals surface area contributed by atoms with Crippen LogP contribution in [0.4, 0.5) is 0 Å². The van der Waals surface area contributed by atoms with Gasteiger partial charge in [0.1, 0.15) is 17.9 Å². The standard InChI is InChI=1S/C13H13BrN4O2S/c14-12-5-11(8-18-13(12)9(6-15)7-17-18)20-10-1-3-21(16,19)4-2-10/h5,7-8,10,16H,1-4H2. The monoisotopic (exact) mass is 368 g/mol. The van der Waals surface area contributed by atoms with Crippen LogP contribution >= 0.6 is 15.9 Å². The number of nitriles is 1. The summed E-state index contributed by atoms with van der Waals surface area (Å²) in [5.74, 6) is 1.42. The van der Waals surface area contributed by atoms with Crippen LogP contribution in [0.15, 0.2) is 22.9 Å². The molecule has 0 atom stereocenters. The molecule has 0 radical (unpaired) electrons. The largest absolute Gasteiger partial charge is 0.489 e. The molecule has 1 N–H and O–H groups in total. The van der Waals surface area contributed by atoms with E-state index in [0.717, 1.165) is 4.47 Å². The van der Waals surface area contributed by atoms with Gasteiger partial charge >= 0.3 is 0 Å². The van der Waals surface area contributed by atoms with Crippen LogP contribution < -0.4 is 4.74 Å². The zero-order chi connectivity index (χ0) is 15.0. The van der Waals surface area contributed by atoms with Gasteiger partial charge in [-0.2, -0.15) is 10.4 Å². The first-order chi connectivity index (χ1) is 9.98. The molecule has 6 nitrogen and oxygen atoms in total. The van der Waals surface area contributed by atoms with Gasteiger partial charge in [-0.1, -0.05) is 0 Å². The van der Waals surface area contributed by atoms with Gasteiger partial charge in [-0.3, -0.25) is 4.78 Å². The highest BCUT2D eigenvalue weighted by Crippen LogP contribution is 2.28. The number of rotatable bonds is 2. The Bertz CT molecular complexity index is 824. The molecule has 0 unspecified atom stereocenters. The van der Waals surface area contributed by atoms with E-state index in [4.69, 9.17) is 14.8 Å². The van der Waals surface area contributed by atoms with E-state index in [2.05, 4.69) is 27.1 Å². The highest BCUT2D eigenvalue weighted by molar-refractivity contribution is 9.10. The Morgan fingerprint density at radius 3 is 2.90 bits per heavy atom. The van der Waals surface area contributed by atoms with E-state index < -0.39 is 9.73 Å². The van der Waals surface area contributed by atoms with Crippen molar-refractivity contribution in [1.82, 2.24) is 9.61 Å². The van der Waals surface area contributed by atoms with E-state index in [1.165, 1.54) is 6.20 Å². The maximum atomic E-state index is 11.6. The average Bonchev–Trinajstić information content (AvgIpc) is 2.85. The molecule has 0 aliphatic carbocycles. The average molecular weight is 369 g/mol. The number of fused-ring (bicyclic) bond motifs is 1. The molecule has 3 rings (SSSR count). The van der Waals surface area contributed by atoms with Crippen molar-refractivity contribution in [1.29, 1.82) is 10.0 Å². The van der Waals surface area contributed by atoms with Gasteiger partial charge in [0, 0.05) is 25.7 Å². The van der Waals surface area contributed by atoms with Crippen LogP contribution in [0, 0.1) is 16.1 Å². The molecule has 21 heavy (non-hydrogen) atoms. The lowest BCUT2D eigenvalue weighted by molar-refractivity contribution is 0.189. The molecule has 2 aromatic rings. The Hall–Kier alpha value is -1.59. The van der Waals surface area contributed by atoms with Crippen LogP contribution in [0.25, 0.3) is 5.52 Å². The highest BCUT2D eigenvalue weighted by Gasteiger charge is 2.23. The molecule has 3 heterocycles. The lowest BCUT2D eigenvalue weighted by Crippen LogP contribution is -2.30. The zero-order valence-electron chi connectivity index (χ0n) is 11.1. The van der Waals surface area contributed by atoms with Gasteiger partial charge in [0.05, 0.1) is 23.5 Å². The van der Waals surface area contributed by atoms with E-state index >= 15 is 0 Å². The molecule has 0 saturated carbocycles. The van der Waals surface area contributed by atoms with E-state index in [1.807, 2.05) is 6.07 Å². The van der Waals surface area contributed by atoms with Crippen LogP contribution in [0.1, 0.15) is 18.4 Å². The molecular formula is C13H13BrN4O2S. The van der Waals surface area contributed by atoms with Gasteiger partial charge in [-0.15, -0.1) is 0 Å². The molecular weight excluding hydrogens is 356 g/mol. The van der Waals surface area contributed by atoms with Crippen molar-refractivity contribution in [3.63, 3.8) is 0 Å². The molecule has 1 saturated heterocycles. The minimum absolute atomic E-state index is 0.0275. The first kappa shape index (κ1) is 14.4. The fraction of sp³-hybridized carbons (Fsp3) is 0.385. The lowest BCUT2D eigenvalue weighted by Gasteiger charge is -2.24. The summed E-state index contributed by atoms with van der Waals surface area (Å²) in [6.07, 6.45) is 4.47. The molecule has 110 valence electrons. The summed E-state index contributed by atoms with van der Waals surface area (Å²) in [5, 5.41) is 13.2. The summed E-state index contributed by atoms with van der Waals surface area (Å²) in [6.45, 7) is 0. The second kappa shape index (κ2) is 5.31. The van der Waals surface area contributed by atoms with E-state index in [-0.39, 0.29) is 6.10 Å². The third-order valence-corrected chi connectivity index (χ3v) is 5.90. The van der Waals surface area contributed by atoms with Crippen LogP contribution in [-0.2, 0) is 9.73 Å². The minimum atomic E-state index is -2.39. The fourth-order valence-electron chi connectivity index (χ4n) is 2.40. The van der Waals surface area contributed by atoms with Gasteiger partial charge in [0.15, 0.2) is 0 Å². The number of nitrogens with zero attached hydrogens (tertiary/aromatic N) is 3. The van der Waals surface area contributed by atoms with Crippen molar-refractivity contribution in [3.8, 4) is 11.8 Å². The molecule has 1 fully saturated rings. The van der Waals surface area contributed by atoms with Crippen molar-refractivity contribution < 1.29 is 8.95 Å². The van der Waals surface area contributed by atoms with Crippen molar-refractivity contribution in [2.45, 2.75) is 18.9 Å². The van der Waals surface area contributed by atoms with Crippen molar-refractivity contribution >= 4 is 31.2 Å². The molecule has 8 heteroatoms. The fourth-order valence-corrected chi connectivity index (χ4v) is 4.51. The number of ether oxygens (including phenoxy) is 1. The molecule has 2 aromatic heterocycles. The number of hydrogen-bond donors (Lipinski definition) is 1. The van der Waals surface area contributed by atoms with Gasteiger partial charge in [-0.05, 0) is 34.8 Å². The summed E-state index contributed by atoms with van der Waals surface area (Å²) in [4.78, 5) is 0. The number of nitrogens with one attached hydrogen (secondary N) is 1. The van der Waals surface area contributed by atoms with Crippen molar-refractivity contribution in [2.24, 2.45) is 0 Å². The van der Waals surface area contributed by atoms with E-state index in [1.54, 1.807) is 10.7 Å². The first-order valence-electron chi connectivity index (χ1n) is 6.46. The Morgan fingerprint density at radius 2 is 2.24 bits per heavy atom.